The number of hydrogen-bond acceptors (Lipinski definition) is 5. The minimum absolute atomic E-state index is 0.668. The molecule has 1 unspecified atom stereocenters. The summed E-state index contributed by atoms with van der Waals surface area (Å²) in [5.74, 6) is -0.732. The van der Waals surface area contributed by atoms with Gasteiger partial charge in [-0.25, -0.2) is 4.79 Å². The molecule has 17 heavy (non-hydrogen) atoms. The van der Waals surface area contributed by atoms with Gasteiger partial charge in [-0.05, 0) is 26.2 Å². The van der Waals surface area contributed by atoms with Crippen molar-refractivity contribution in [1.29, 1.82) is 0 Å². The molecule has 0 radical (unpaired) electrons. The van der Waals surface area contributed by atoms with Crippen molar-refractivity contribution in [1.82, 2.24) is 10.2 Å². The monoisotopic (exact) mass is 255 g/mol. The molecule has 0 saturated carbocycles. The van der Waals surface area contributed by atoms with E-state index in [1.54, 1.807) is 0 Å². The maximum atomic E-state index is 11.6. The quantitative estimate of drug-likeness (QED) is 0.892. The SMILES string of the molecule is CCCC1(C(=O)O)CCCN1c1nnc(C)s1. The Kier molecular flexibility index (Phi) is 3.33. The molecule has 6 heteroatoms. The summed E-state index contributed by atoms with van der Waals surface area (Å²) in [7, 11) is 0. The second kappa shape index (κ2) is 4.60. The third-order valence-corrected chi connectivity index (χ3v) is 4.16. The van der Waals surface area contributed by atoms with Crippen molar-refractivity contribution in [2.45, 2.75) is 45.1 Å². The second-order valence-electron chi connectivity index (χ2n) is 4.45. The molecule has 1 aromatic rings. The summed E-state index contributed by atoms with van der Waals surface area (Å²) in [5.41, 5.74) is -0.763. The molecular weight excluding hydrogens is 238 g/mol. The molecule has 1 atom stereocenters. The van der Waals surface area contributed by atoms with Crippen molar-refractivity contribution in [3.05, 3.63) is 5.01 Å². The lowest BCUT2D eigenvalue weighted by atomic mass is 9.91. The highest BCUT2D eigenvalue weighted by Crippen LogP contribution is 2.38. The van der Waals surface area contributed by atoms with Crippen LogP contribution in [0.2, 0.25) is 0 Å². The minimum Gasteiger partial charge on any atom is -0.479 e. The van der Waals surface area contributed by atoms with E-state index in [2.05, 4.69) is 10.2 Å². The molecule has 1 aliphatic heterocycles. The van der Waals surface area contributed by atoms with E-state index >= 15 is 0 Å². The largest absolute Gasteiger partial charge is 0.479 e. The van der Waals surface area contributed by atoms with Crippen molar-refractivity contribution in [3.63, 3.8) is 0 Å². The number of rotatable bonds is 4. The van der Waals surface area contributed by atoms with Crippen LogP contribution < -0.4 is 4.90 Å². The van der Waals surface area contributed by atoms with E-state index in [0.717, 1.165) is 29.5 Å². The first-order valence-electron chi connectivity index (χ1n) is 5.91. The number of nitrogens with zero attached hydrogens (tertiary/aromatic N) is 3. The Balaban J connectivity index is 2.34. The van der Waals surface area contributed by atoms with E-state index in [1.165, 1.54) is 11.3 Å². The Labute approximate surface area is 104 Å². The van der Waals surface area contributed by atoms with E-state index in [4.69, 9.17) is 0 Å². The van der Waals surface area contributed by atoms with Crippen LogP contribution >= 0.6 is 11.3 Å². The molecule has 1 aliphatic rings. The summed E-state index contributed by atoms with van der Waals surface area (Å²) in [5, 5.41) is 19.2. The van der Waals surface area contributed by atoms with E-state index in [1.807, 2.05) is 18.7 Å². The molecule has 1 N–H and O–H groups in total. The lowest BCUT2D eigenvalue weighted by Gasteiger charge is -2.34. The van der Waals surface area contributed by atoms with E-state index < -0.39 is 11.5 Å². The average Bonchev–Trinajstić information content (AvgIpc) is 2.85. The van der Waals surface area contributed by atoms with E-state index in [0.29, 0.717) is 12.8 Å². The molecule has 1 aromatic heterocycles. The lowest BCUT2D eigenvalue weighted by molar-refractivity contribution is -0.143. The first-order chi connectivity index (χ1) is 8.10. The molecule has 94 valence electrons. The van der Waals surface area contributed by atoms with Gasteiger partial charge in [0.1, 0.15) is 10.5 Å². The van der Waals surface area contributed by atoms with Gasteiger partial charge in [0.25, 0.3) is 0 Å². The van der Waals surface area contributed by atoms with Gasteiger partial charge in [0.2, 0.25) is 5.13 Å². The van der Waals surface area contributed by atoms with Crippen molar-refractivity contribution in [2.75, 3.05) is 11.4 Å². The van der Waals surface area contributed by atoms with Crippen molar-refractivity contribution in [2.24, 2.45) is 0 Å². The van der Waals surface area contributed by atoms with Gasteiger partial charge in [-0.1, -0.05) is 24.7 Å². The zero-order valence-corrected chi connectivity index (χ0v) is 11.0. The fourth-order valence-electron chi connectivity index (χ4n) is 2.56. The van der Waals surface area contributed by atoms with Crippen molar-refractivity contribution >= 4 is 22.4 Å². The molecule has 0 aromatic carbocycles. The van der Waals surface area contributed by atoms with Crippen molar-refractivity contribution in [3.8, 4) is 0 Å². The van der Waals surface area contributed by atoms with Crippen LogP contribution in [0.3, 0.4) is 0 Å². The van der Waals surface area contributed by atoms with Gasteiger partial charge in [0.05, 0.1) is 0 Å². The maximum Gasteiger partial charge on any atom is 0.329 e. The van der Waals surface area contributed by atoms with Crippen LogP contribution in [-0.2, 0) is 4.79 Å². The predicted octanol–water partition coefficient (Wildman–Crippen LogP) is 2.07. The van der Waals surface area contributed by atoms with Crippen LogP contribution in [0, 0.1) is 6.92 Å². The summed E-state index contributed by atoms with van der Waals surface area (Å²) in [6, 6.07) is 0. The summed E-state index contributed by atoms with van der Waals surface area (Å²) in [4.78, 5) is 13.6. The van der Waals surface area contributed by atoms with E-state index in [-0.39, 0.29) is 0 Å². The van der Waals surface area contributed by atoms with Gasteiger partial charge in [-0.3, -0.25) is 0 Å². The zero-order valence-electron chi connectivity index (χ0n) is 10.1. The Morgan fingerprint density at radius 3 is 2.88 bits per heavy atom. The fourth-order valence-corrected chi connectivity index (χ4v) is 3.36. The van der Waals surface area contributed by atoms with Crippen LogP contribution in [-0.4, -0.2) is 33.4 Å². The highest BCUT2D eigenvalue weighted by Gasteiger charge is 2.48. The summed E-state index contributed by atoms with van der Waals surface area (Å²) in [6.45, 7) is 4.67. The molecule has 1 fully saturated rings. The van der Waals surface area contributed by atoms with Gasteiger partial charge in [-0.15, -0.1) is 10.2 Å². The minimum atomic E-state index is -0.763. The van der Waals surface area contributed by atoms with Gasteiger partial charge in [0.15, 0.2) is 0 Å². The van der Waals surface area contributed by atoms with Crippen molar-refractivity contribution < 1.29 is 9.90 Å². The molecule has 5 nitrogen and oxygen atoms in total. The molecule has 1 saturated heterocycles. The fraction of sp³-hybridized carbons (Fsp3) is 0.727. The third kappa shape index (κ3) is 2.01. The summed E-state index contributed by atoms with van der Waals surface area (Å²) in [6.07, 6.45) is 3.14. The normalized spacial score (nSPS) is 24.2. The van der Waals surface area contributed by atoms with E-state index in [9.17, 15) is 9.90 Å². The molecule has 0 aliphatic carbocycles. The number of aromatic nitrogens is 2. The first-order valence-corrected chi connectivity index (χ1v) is 6.73. The number of anilines is 1. The number of aryl methyl sites for hydroxylation is 1. The molecule has 0 bridgehead atoms. The third-order valence-electron chi connectivity index (χ3n) is 3.30. The van der Waals surface area contributed by atoms with Crippen LogP contribution in [0.5, 0.6) is 0 Å². The first kappa shape index (κ1) is 12.3. The number of aliphatic carboxylic acids is 1. The molecule has 2 rings (SSSR count). The number of carboxylic acid groups (broad SMARTS) is 1. The molecule has 0 amide bonds. The Hall–Kier alpha value is -1.17. The van der Waals surface area contributed by atoms with Gasteiger partial charge < -0.3 is 10.0 Å². The average molecular weight is 255 g/mol. The molecule has 0 spiro atoms. The molecular formula is C11H17N3O2S. The smallest absolute Gasteiger partial charge is 0.329 e. The summed E-state index contributed by atoms with van der Waals surface area (Å²) >= 11 is 1.47. The maximum absolute atomic E-state index is 11.6. The molecule has 2 heterocycles. The number of hydrogen-bond donors (Lipinski definition) is 1. The second-order valence-corrected chi connectivity index (χ2v) is 5.61. The highest BCUT2D eigenvalue weighted by atomic mass is 32.1. The number of carbonyl (C=O) groups is 1. The lowest BCUT2D eigenvalue weighted by Crippen LogP contribution is -2.50. The van der Waals surface area contributed by atoms with Gasteiger partial charge in [0, 0.05) is 6.54 Å². The Morgan fingerprint density at radius 2 is 2.35 bits per heavy atom. The van der Waals surface area contributed by atoms with Crippen LogP contribution in [0.25, 0.3) is 0 Å². The highest BCUT2D eigenvalue weighted by molar-refractivity contribution is 7.15. The van der Waals surface area contributed by atoms with Crippen LogP contribution in [0.1, 0.15) is 37.6 Å². The summed E-state index contributed by atoms with van der Waals surface area (Å²) < 4.78 is 0. The standard InChI is InChI=1S/C11H17N3O2S/c1-3-5-11(9(15)16)6-4-7-14(11)10-13-12-8(2)17-10/h3-7H2,1-2H3,(H,15,16). The van der Waals surface area contributed by atoms with Crippen LogP contribution in [0.15, 0.2) is 0 Å². The topological polar surface area (TPSA) is 66.3 Å². The zero-order chi connectivity index (χ0) is 12.5. The Bertz CT molecular complexity index is 421. The number of carboxylic acids is 1. The van der Waals surface area contributed by atoms with Gasteiger partial charge in [-0.2, -0.15) is 0 Å². The Morgan fingerprint density at radius 1 is 1.59 bits per heavy atom. The van der Waals surface area contributed by atoms with Gasteiger partial charge >= 0.3 is 5.97 Å². The van der Waals surface area contributed by atoms with Crippen LogP contribution in [0.4, 0.5) is 5.13 Å². The predicted molar refractivity (Wildman–Crippen MR) is 66.5 cm³/mol.